The quantitative estimate of drug-likeness (QED) is 0.812. The van der Waals surface area contributed by atoms with Crippen LogP contribution in [0.2, 0.25) is 0 Å². The summed E-state index contributed by atoms with van der Waals surface area (Å²) in [7, 11) is 4.21. The van der Waals surface area contributed by atoms with Crippen LogP contribution in [0.25, 0.3) is 0 Å². The molecule has 0 radical (unpaired) electrons. The number of aromatic nitrogens is 2. The molecule has 0 bridgehead atoms. The van der Waals surface area contributed by atoms with Crippen molar-refractivity contribution in [1.29, 1.82) is 0 Å². The Kier molecular flexibility index (Phi) is 3.96. The molecule has 1 aliphatic heterocycles. The number of nitrogens with zero attached hydrogens (tertiary/aromatic N) is 3. The number of likely N-dealkylation sites (N-methyl/N-ethyl adjacent to an activating group) is 1. The molecule has 90 valence electrons. The van der Waals surface area contributed by atoms with Gasteiger partial charge in [0.2, 0.25) is 0 Å². The highest BCUT2D eigenvalue weighted by atomic mass is 15.3. The number of rotatable bonds is 4. The summed E-state index contributed by atoms with van der Waals surface area (Å²) in [5.74, 6) is 0. The van der Waals surface area contributed by atoms with Gasteiger partial charge in [0.15, 0.2) is 0 Å². The zero-order valence-electron chi connectivity index (χ0n) is 10.3. The molecule has 16 heavy (non-hydrogen) atoms. The zero-order valence-corrected chi connectivity index (χ0v) is 10.3. The number of nitrogens with one attached hydrogen (secondary N) is 1. The largest absolute Gasteiger partial charge is 0.312 e. The van der Waals surface area contributed by atoms with Crippen LogP contribution in [-0.2, 0) is 13.5 Å². The molecule has 2 heterocycles. The van der Waals surface area contributed by atoms with Crippen LogP contribution in [0, 0.1) is 0 Å². The fraction of sp³-hybridized carbons (Fsp3) is 0.750. The molecule has 1 fully saturated rings. The highest BCUT2D eigenvalue weighted by molar-refractivity contribution is 5.00. The Morgan fingerprint density at radius 3 is 3.06 bits per heavy atom. The van der Waals surface area contributed by atoms with Crippen LogP contribution in [-0.4, -0.2) is 47.4 Å². The highest BCUT2D eigenvalue weighted by Crippen LogP contribution is 2.07. The lowest BCUT2D eigenvalue weighted by atomic mass is 10.1. The van der Waals surface area contributed by atoms with Crippen molar-refractivity contribution in [3.63, 3.8) is 0 Å². The van der Waals surface area contributed by atoms with Gasteiger partial charge in [-0.25, -0.2) is 0 Å². The number of hydrogen-bond acceptors (Lipinski definition) is 3. The molecular weight excluding hydrogens is 200 g/mol. The van der Waals surface area contributed by atoms with E-state index >= 15 is 0 Å². The predicted molar refractivity (Wildman–Crippen MR) is 65.4 cm³/mol. The summed E-state index contributed by atoms with van der Waals surface area (Å²) >= 11 is 0. The third-order valence-corrected chi connectivity index (χ3v) is 3.36. The average molecular weight is 222 g/mol. The van der Waals surface area contributed by atoms with Crippen molar-refractivity contribution in [1.82, 2.24) is 20.0 Å². The number of piperidine rings is 1. The fourth-order valence-corrected chi connectivity index (χ4v) is 2.38. The van der Waals surface area contributed by atoms with Crippen LogP contribution in [0.5, 0.6) is 0 Å². The molecule has 1 aromatic heterocycles. The van der Waals surface area contributed by atoms with Crippen LogP contribution in [0.1, 0.15) is 18.5 Å². The molecule has 4 nitrogen and oxygen atoms in total. The second-order valence-corrected chi connectivity index (χ2v) is 4.75. The molecule has 0 spiro atoms. The van der Waals surface area contributed by atoms with E-state index in [2.05, 4.69) is 28.4 Å². The smallest absolute Gasteiger partial charge is 0.0492 e. The SMILES string of the molecule is CN1CCCC(NCCc2ccnn2C)C1. The van der Waals surface area contributed by atoms with Gasteiger partial charge in [0.1, 0.15) is 0 Å². The summed E-state index contributed by atoms with van der Waals surface area (Å²) in [5, 5.41) is 7.81. The summed E-state index contributed by atoms with van der Waals surface area (Å²) in [6, 6.07) is 2.77. The van der Waals surface area contributed by atoms with E-state index in [-0.39, 0.29) is 0 Å². The van der Waals surface area contributed by atoms with E-state index in [9.17, 15) is 0 Å². The van der Waals surface area contributed by atoms with Crippen molar-refractivity contribution in [3.8, 4) is 0 Å². The van der Waals surface area contributed by atoms with Gasteiger partial charge in [-0.15, -0.1) is 0 Å². The van der Waals surface area contributed by atoms with Crippen LogP contribution >= 0.6 is 0 Å². The molecule has 1 atom stereocenters. The van der Waals surface area contributed by atoms with E-state index in [1.807, 2.05) is 17.9 Å². The van der Waals surface area contributed by atoms with Gasteiger partial charge in [-0.3, -0.25) is 4.68 Å². The lowest BCUT2D eigenvalue weighted by molar-refractivity contribution is 0.228. The van der Waals surface area contributed by atoms with Crippen molar-refractivity contribution in [3.05, 3.63) is 18.0 Å². The highest BCUT2D eigenvalue weighted by Gasteiger charge is 2.15. The average Bonchev–Trinajstić information content (AvgIpc) is 2.65. The van der Waals surface area contributed by atoms with E-state index in [0.717, 1.165) is 13.0 Å². The number of hydrogen-bond donors (Lipinski definition) is 1. The molecule has 0 aliphatic carbocycles. The van der Waals surface area contributed by atoms with Gasteiger partial charge in [0.25, 0.3) is 0 Å². The van der Waals surface area contributed by atoms with Crippen LogP contribution < -0.4 is 5.32 Å². The van der Waals surface area contributed by atoms with Gasteiger partial charge in [-0.2, -0.15) is 5.10 Å². The lowest BCUT2D eigenvalue weighted by Gasteiger charge is -2.30. The summed E-state index contributed by atoms with van der Waals surface area (Å²) in [6.07, 6.45) is 5.57. The third-order valence-electron chi connectivity index (χ3n) is 3.36. The van der Waals surface area contributed by atoms with E-state index in [1.54, 1.807) is 0 Å². The van der Waals surface area contributed by atoms with Gasteiger partial charge >= 0.3 is 0 Å². The lowest BCUT2D eigenvalue weighted by Crippen LogP contribution is -2.44. The van der Waals surface area contributed by atoms with E-state index in [0.29, 0.717) is 6.04 Å². The minimum atomic E-state index is 0.673. The zero-order chi connectivity index (χ0) is 11.4. The molecule has 1 aliphatic rings. The summed E-state index contributed by atoms with van der Waals surface area (Å²) < 4.78 is 1.95. The van der Waals surface area contributed by atoms with Gasteiger partial charge in [0.05, 0.1) is 0 Å². The molecule has 1 N–H and O–H groups in total. The van der Waals surface area contributed by atoms with Crippen LogP contribution in [0.15, 0.2) is 12.3 Å². The maximum Gasteiger partial charge on any atom is 0.0492 e. The first-order valence-electron chi connectivity index (χ1n) is 6.14. The minimum absolute atomic E-state index is 0.673. The molecule has 1 unspecified atom stereocenters. The Morgan fingerprint density at radius 2 is 2.38 bits per heavy atom. The van der Waals surface area contributed by atoms with E-state index in [4.69, 9.17) is 0 Å². The van der Waals surface area contributed by atoms with Gasteiger partial charge in [-0.1, -0.05) is 0 Å². The Bertz CT molecular complexity index is 321. The van der Waals surface area contributed by atoms with Crippen LogP contribution in [0.4, 0.5) is 0 Å². The van der Waals surface area contributed by atoms with E-state index in [1.165, 1.54) is 31.6 Å². The topological polar surface area (TPSA) is 33.1 Å². The maximum absolute atomic E-state index is 4.17. The minimum Gasteiger partial charge on any atom is -0.312 e. The van der Waals surface area contributed by atoms with Gasteiger partial charge < -0.3 is 10.2 Å². The normalized spacial score (nSPS) is 22.5. The van der Waals surface area contributed by atoms with Gasteiger partial charge in [-0.05, 0) is 32.5 Å². The van der Waals surface area contributed by atoms with Gasteiger partial charge in [0, 0.05) is 44.5 Å². The maximum atomic E-state index is 4.17. The molecule has 0 amide bonds. The van der Waals surface area contributed by atoms with Crippen LogP contribution in [0.3, 0.4) is 0 Å². The van der Waals surface area contributed by atoms with Crippen molar-refractivity contribution in [2.75, 3.05) is 26.7 Å². The number of aryl methyl sites for hydroxylation is 1. The molecule has 2 rings (SSSR count). The molecule has 0 aromatic carbocycles. The Balaban J connectivity index is 1.70. The monoisotopic (exact) mass is 222 g/mol. The summed E-state index contributed by atoms with van der Waals surface area (Å²) in [6.45, 7) is 3.49. The molecular formula is C12H22N4. The van der Waals surface area contributed by atoms with Crippen molar-refractivity contribution in [2.45, 2.75) is 25.3 Å². The third kappa shape index (κ3) is 3.06. The van der Waals surface area contributed by atoms with Crippen molar-refractivity contribution < 1.29 is 0 Å². The predicted octanol–water partition coefficient (Wildman–Crippen LogP) is 0.646. The Labute approximate surface area is 97.6 Å². The van der Waals surface area contributed by atoms with Crippen molar-refractivity contribution in [2.24, 2.45) is 7.05 Å². The van der Waals surface area contributed by atoms with E-state index < -0.39 is 0 Å². The summed E-state index contributed by atoms with van der Waals surface area (Å²) in [5.41, 5.74) is 1.30. The van der Waals surface area contributed by atoms with Crippen molar-refractivity contribution >= 4 is 0 Å². The Morgan fingerprint density at radius 1 is 1.50 bits per heavy atom. The fourth-order valence-electron chi connectivity index (χ4n) is 2.38. The second kappa shape index (κ2) is 5.46. The first kappa shape index (κ1) is 11.6. The first-order chi connectivity index (χ1) is 7.75. The summed E-state index contributed by atoms with van der Waals surface area (Å²) in [4.78, 5) is 2.41. The standard InChI is InChI=1S/C12H22N4/c1-15-9-3-4-11(10-15)13-7-5-12-6-8-14-16(12)2/h6,8,11,13H,3-5,7,9-10H2,1-2H3. The molecule has 0 saturated carbocycles. The Hall–Kier alpha value is -0.870. The molecule has 1 aromatic rings. The molecule has 1 saturated heterocycles. The number of likely N-dealkylation sites (tertiary alicyclic amines) is 1. The molecule has 4 heteroatoms. The second-order valence-electron chi connectivity index (χ2n) is 4.75. The first-order valence-corrected chi connectivity index (χ1v) is 6.14.